The van der Waals surface area contributed by atoms with E-state index in [4.69, 9.17) is 4.74 Å². The predicted molar refractivity (Wildman–Crippen MR) is 132 cm³/mol. The van der Waals surface area contributed by atoms with Crippen molar-refractivity contribution in [2.45, 2.75) is 37.0 Å². The van der Waals surface area contributed by atoms with Crippen molar-refractivity contribution in [2.75, 3.05) is 25.0 Å². The number of aryl methyl sites for hydroxylation is 2. The van der Waals surface area contributed by atoms with Gasteiger partial charge in [-0.05, 0) is 43.2 Å². The van der Waals surface area contributed by atoms with Crippen LogP contribution < -0.4 is 10.1 Å². The van der Waals surface area contributed by atoms with Gasteiger partial charge in [-0.15, -0.1) is 0 Å². The van der Waals surface area contributed by atoms with Gasteiger partial charge in [0, 0.05) is 44.7 Å². The predicted octanol–water partition coefficient (Wildman–Crippen LogP) is 3.88. The van der Waals surface area contributed by atoms with Gasteiger partial charge in [0.1, 0.15) is 18.2 Å². The first-order chi connectivity index (χ1) is 16.4. The Kier molecular flexibility index (Phi) is 7.33. The number of carbonyl (C=O) groups excluding carboxylic acids is 1. The summed E-state index contributed by atoms with van der Waals surface area (Å²) in [5, 5.41) is 2.88. The highest BCUT2D eigenvalue weighted by molar-refractivity contribution is 7.89. The van der Waals surface area contributed by atoms with E-state index in [0.29, 0.717) is 43.1 Å². The molecule has 180 valence electrons. The highest BCUT2D eigenvalue weighted by atomic mass is 32.2. The second-order valence-electron chi connectivity index (χ2n) is 8.38. The molecule has 2 heterocycles. The molecule has 1 aliphatic heterocycles. The van der Waals surface area contributed by atoms with Gasteiger partial charge in [-0.25, -0.2) is 13.4 Å². The number of sulfonamides is 1. The van der Waals surface area contributed by atoms with E-state index in [-0.39, 0.29) is 17.2 Å². The summed E-state index contributed by atoms with van der Waals surface area (Å²) >= 11 is 0. The van der Waals surface area contributed by atoms with Crippen LogP contribution in [0.4, 0.5) is 5.69 Å². The Morgan fingerprint density at radius 2 is 1.97 bits per heavy atom. The van der Waals surface area contributed by atoms with E-state index in [2.05, 4.69) is 16.9 Å². The molecule has 0 bridgehead atoms. The number of nitrogens with one attached hydrogen (secondary N) is 1. The second-order valence-corrected chi connectivity index (χ2v) is 10.3. The lowest BCUT2D eigenvalue weighted by atomic mass is 10.2. The van der Waals surface area contributed by atoms with Gasteiger partial charge in [0.05, 0.1) is 15.9 Å². The van der Waals surface area contributed by atoms with Crippen molar-refractivity contribution in [3.63, 3.8) is 0 Å². The average molecular weight is 483 g/mol. The zero-order valence-corrected chi connectivity index (χ0v) is 20.2. The van der Waals surface area contributed by atoms with Gasteiger partial charge in [-0.2, -0.15) is 4.31 Å². The lowest BCUT2D eigenvalue weighted by Crippen LogP contribution is -2.35. The second kappa shape index (κ2) is 10.4. The number of piperidine rings is 1. The Balaban J connectivity index is 1.44. The fraction of sp³-hybridized carbons (Fsp3) is 0.360. The van der Waals surface area contributed by atoms with Crippen LogP contribution in [0.2, 0.25) is 0 Å². The molecule has 1 fully saturated rings. The molecule has 1 saturated heterocycles. The van der Waals surface area contributed by atoms with Crippen molar-refractivity contribution in [1.29, 1.82) is 0 Å². The van der Waals surface area contributed by atoms with E-state index in [1.54, 1.807) is 40.7 Å². The Morgan fingerprint density at radius 1 is 1.18 bits per heavy atom. The number of carbonyl (C=O) groups is 1. The fourth-order valence-electron chi connectivity index (χ4n) is 4.14. The first-order valence-corrected chi connectivity index (χ1v) is 12.9. The van der Waals surface area contributed by atoms with Crippen molar-refractivity contribution < 1.29 is 17.9 Å². The van der Waals surface area contributed by atoms with E-state index in [1.807, 2.05) is 23.7 Å². The summed E-state index contributed by atoms with van der Waals surface area (Å²) in [6, 6.07) is 12.3. The van der Waals surface area contributed by atoms with Crippen LogP contribution in [0.3, 0.4) is 0 Å². The average Bonchev–Trinajstić information content (AvgIpc) is 3.17. The topological polar surface area (TPSA) is 93.5 Å². The van der Waals surface area contributed by atoms with Crippen LogP contribution >= 0.6 is 0 Å². The molecule has 8 nitrogen and oxygen atoms in total. The van der Waals surface area contributed by atoms with Gasteiger partial charge < -0.3 is 14.6 Å². The van der Waals surface area contributed by atoms with Gasteiger partial charge in [0.25, 0.3) is 0 Å². The summed E-state index contributed by atoms with van der Waals surface area (Å²) in [5.74, 6) is 1.24. The van der Waals surface area contributed by atoms with Crippen molar-refractivity contribution in [1.82, 2.24) is 13.9 Å². The molecular formula is C25H30N4O4S. The Hall–Kier alpha value is -3.17. The minimum Gasteiger partial charge on any atom is -0.489 e. The Labute approximate surface area is 200 Å². The van der Waals surface area contributed by atoms with Gasteiger partial charge in [-0.1, -0.05) is 25.1 Å². The van der Waals surface area contributed by atoms with E-state index in [9.17, 15) is 13.2 Å². The molecule has 0 radical (unpaired) electrons. The number of aromatic nitrogens is 2. The number of fused-ring (bicyclic) bond motifs is 1. The molecule has 2 aromatic carbocycles. The molecule has 1 aliphatic rings. The zero-order chi connectivity index (χ0) is 24.1. The molecule has 3 aromatic rings. The lowest BCUT2D eigenvalue weighted by molar-refractivity contribution is -0.116. The molecule has 0 saturated carbocycles. The smallest absolute Gasteiger partial charge is 0.243 e. The van der Waals surface area contributed by atoms with Gasteiger partial charge in [0.2, 0.25) is 15.9 Å². The Bertz CT molecular complexity index is 1290. The number of nitrogens with zero attached hydrogens (tertiary/aromatic N) is 3. The third-order valence-corrected chi connectivity index (χ3v) is 7.85. The van der Waals surface area contributed by atoms with Gasteiger partial charge >= 0.3 is 0 Å². The third kappa shape index (κ3) is 5.31. The minimum atomic E-state index is -3.52. The molecule has 4 rings (SSSR count). The number of anilines is 1. The maximum absolute atomic E-state index is 13.0. The van der Waals surface area contributed by atoms with Gasteiger partial charge in [0.15, 0.2) is 0 Å². The number of hydrogen-bond donors (Lipinski definition) is 1. The van der Waals surface area contributed by atoms with Crippen LogP contribution in [0.15, 0.2) is 60.0 Å². The maximum Gasteiger partial charge on any atom is 0.243 e. The summed E-state index contributed by atoms with van der Waals surface area (Å²) in [5.41, 5.74) is 2.10. The number of amides is 1. The number of hydrogen-bond acceptors (Lipinski definition) is 5. The van der Waals surface area contributed by atoms with Crippen molar-refractivity contribution in [3.8, 4) is 5.75 Å². The van der Waals surface area contributed by atoms with Crippen LogP contribution in [-0.2, 0) is 28.3 Å². The molecule has 0 atom stereocenters. The van der Waals surface area contributed by atoms with E-state index in [0.717, 1.165) is 30.6 Å². The number of benzene rings is 2. The highest BCUT2D eigenvalue weighted by Crippen LogP contribution is 2.25. The summed E-state index contributed by atoms with van der Waals surface area (Å²) in [4.78, 5) is 17.4. The SMILES string of the molecule is C=CCOc1cccc(NC(=O)CCc2nc3cc(S(=O)(=O)N4CCCCC4)ccc3n2C)c1. The van der Waals surface area contributed by atoms with Crippen LogP contribution in [-0.4, -0.2) is 47.9 Å². The summed E-state index contributed by atoms with van der Waals surface area (Å²) in [6.07, 6.45) is 5.18. The van der Waals surface area contributed by atoms with Crippen LogP contribution in [0.1, 0.15) is 31.5 Å². The van der Waals surface area contributed by atoms with E-state index in [1.165, 1.54) is 0 Å². The zero-order valence-electron chi connectivity index (χ0n) is 19.4. The highest BCUT2D eigenvalue weighted by Gasteiger charge is 2.26. The van der Waals surface area contributed by atoms with Crippen molar-refractivity contribution in [3.05, 3.63) is 60.9 Å². The standard InChI is InChI=1S/C25H30N4O4S/c1-3-16-33-20-9-7-8-19(17-20)26-25(30)13-12-24-27-22-18-21(10-11-23(22)28(24)2)34(31,32)29-14-5-4-6-15-29/h3,7-11,17-18H,1,4-6,12-16H2,2H3,(H,26,30). The van der Waals surface area contributed by atoms with Crippen LogP contribution in [0.25, 0.3) is 11.0 Å². The number of rotatable bonds is 9. The molecular weight excluding hydrogens is 452 g/mol. The molecule has 0 spiro atoms. The summed E-state index contributed by atoms with van der Waals surface area (Å²) in [7, 11) is -1.65. The van der Waals surface area contributed by atoms with E-state index < -0.39 is 10.0 Å². The van der Waals surface area contributed by atoms with E-state index >= 15 is 0 Å². The van der Waals surface area contributed by atoms with Gasteiger partial charge in [-0.3, -0.25) is 4.79 Å². The molecule has 0 aliphatic carbocycles. The number of ether oxygens (including phenoxy) is 1. The summed E-state index contributed by atoms with van der Waals surface area (Å²) in [6.45, 7) is 5.14. The number of imidazole rings is 1. The lowest BCUT2D eigenvalue weighted by Gasteiger charge is -2.25. The monoisotopic (exact) mass is 482 g/mol. The molecule has 9 heteroatoms. The first-order valence-electron chi connectivity index (χ1n) is 11.5. The fourth-order valence-corrected chi connectivity index (χ4v) is 5.67. The molecule has 34 heavy (non-hydrogen) atoms. The molecule has 1 aromatic heterocycles. The molecule has 0 unspecified atom stereocenters. The molecule has 1 N–H and O–H groups in total. The Morgan fingerprint density at radius 3 is 2.74 bits per heavy atom. The van der Waals surface area contributed by atoms with Crippen LogP contribution in [0.5, 0.6) is 5.75 Å². The largest absolute Gasteiger partial charge is 0.489 e. The normalized spacial score (nSPS) is 14.7. The first kappa shape index (κ1) is 24.0. The van der Waals surface area contributed by atoms with Crippen molar-refractivity contribution >= 4 is 32.7 Å². The molecule has 1 amide bonds. The summed E-state index contributed by atoms with van der Waals surface area (Å²) < 4.78 is 35.0. The minimum absolute atomic E-state index is 0.138. The van der Waals surface area contributed by atoms with Crippen LogP contribution in [0, 0.1) is 0 Å². The quantitative estimate of drug-likeness (QED) is 0.467. The third-order valence-electron chi connectivity index (χ3n) is 5.96. The maximum atomic E-state index is 13.0. The van der Waals surface area contributed by atoms with Crippen molar-refractivity contribution in [2.24, 2.45) is 7.05 Å².